The fraction of sp³-hybridized carbons (Fsp3) is 0.333. The van der Waals surface area contributed by atoms with Gasteiger partial charge in [0.05, 0.1) is 31.9 Å². The van der Waals surface area contributed by atoms with Gasteiger partial charge in [0.25, 0.3) is 0 Å². The fourth-order valence-electron chi connectivity index (χ4n) is 3.73. The van der Waals surface area contributed by atoms with Crippen LogP contribution in [0.5, 0.6) is 5.75 Å². The number of nitrogens with zero attached hydrogens (tertiary/aromatic N) is 2. The summed E-state index contributed by atoms with van der Waals surface area (Å²) >= 11 is 0. The number of ether oxygens (including phenoxy) is 1. The maximum absolute atomic E-state index is 6.35. The third-order valence-corrected chi connectivity index (χ3v) is 8.40. The fourth-order valence-corrected chi connectivity index (χ4v) is 4.27. The van der Waals surface area contributed by atoms with Crippen molar-refractivity contribution in [1.29, 1.82) is 0 Å². The van der Waals surface area contributed by atoms with Gasteiger partial charge in [0.1, 0.15) is 11.9 Å². The van der Waals surface area contributed by atoms with E-state index in [0.29, 0.717) is 6.54 Å². The van der Waals surface area contributed by atoms with Crippen LogP contribution < -0.4 is 10.1 Å². The third-order valence-electron chi connectivity index (χ3n) is 5.89. The van der Waals surface area contributed by atoms with E-state index in [4.69, 9.17) is 14.7 Å². The Kier molecular flexibility index (Phi) is 7.19. The van der Waals surface area contributed by atoms with Gasteiger partial charge in [0, 0.05) is 23.0 Å². The predicted octanol–water partition coefficient (Wildman–Crippen LogP) is 6.35. The number of allylic oxidation sites excluding steroid dienone is 5. The second-order valence-corrected chi connectivity index (χ2v) is 14.8. The number of benzene rings is 1. The number of hydrogen-bond acceptors (Lipinski definition) is 4. The van der Waals surface area contributed by atoms with Gasteiger partial charge in [0.15, 0.2) is 0 Å². The number of hydrogen-bond donors (Lipinski definition) is 1. The molecule has 0 aliphatic carbocycles. The van der Waals surface area contributed by atoms with Crippen LogP contribution in [0.3, 0.4) is 0 Å². The molecule has 0 radical (unpaired) electrons. The molecule has 2 atom stereocenters. The molecule has 168 valence electrons. The number of para-hydroxylation sites is 1. The summed E-state index contributed by atoms with van der Waals surface area (Å²) < 4.78 is 6.35. The van der Waals surface area contributed by atoms with Crippen LogP contribution in [0.4, 0.5) is 0 Å². The summed E-state index contributed by atoms with van der Waals surface area (Å²) in [7, 11) is -1.32. The molecule has 1 aromatic rings. The summed E-state index contributed by atoms with van der Waals surface area (Å²) in [6.07, 6.45) is 7.79. The van der Waals surface area contributed by atoms with Crippen molar-refractivity contribution in [2.75, 3.05) is 6.54 Å². The van der Waals surface area contributed by atoms with Gasteiger partial charge in [-0.25, -0.2) is 0 Å². The van der Waals surface area contributed by atoms with Crippen LogP contribution in [0.15, 0.2) is 93.5 Å². The van der Waals surface area contributed by atoms with Crippen LogP contribution in [0.25, 0.3) is 0 Å². The summed E-state index contributed by atoms with van der Waals surface area (Å²) in [5.41, 5.74) is 5.71. The highest BCUT2D eigenvalue weighted by Crippen LogP contribution is 2.43. The van der Waals surface area contributed by atoms with Crippen LogP contribution in [0.2, 0.25) is 19.6 Å². The highest BCUT2D eigenvalue weighted by Gasteiger charge is 2.39. The Morgan fingerprint density at radius 1 is 1.25 bits per heavy atom. The van der Waals surface area contributed by atoms with Crippen molar-refractivity contribution >= 4 is 20.0 Å². The van der Waals surface area contributed by atoms with Crippen LogP contribution in [-0.2, 0) is 0 Å². The molecule has 1 N–H and O–H groups in total. The molecule has 2 unspecified atom stereocenters. The molecule has 5 heteroatoms. The Hall–Kier alpha value is -2.92. The van der Waals surface area contributed by atoms with E-state index in [9.17, 15) is 0 Å². The largest absolute Gasteiger partial charge is 0.484 e. The molecule has 0 saturated heterocycles. The Bertz CT molecular complexity index is 1070. The van der Waals surface area contributed by atoms with E-state index in [1.54, 1.807) is 6.08 Å². The number of aliphatic imine (C=N–C) groups is 2. The lowest BCUT2D eigenvalue weighted by molar-refractivity contribution is 0.267. The van der Waals surface area contributed by atoms with Crippen molar-refractivity contribution in [2.45, 2.75) is 52.4 Å². The molecule has 3 rings (SSSR count). The Labute approximate surface area is 193 Å². The highest BCUT2D eigenvalue weighted by molar-refractivity contribution is 6.82. The molecule has 0 amide bonds. The van der Waals surface area contributed by atoms with Crippen LogP contribution in [-0.4, -0.2) is 32.6 Å². The van der Waals surface area contributed by atoms with Gasteiger partial charge in [0.2, 0.25) is 0 Å². The van der Waals surface area contributed by atoms with Crippen molar-refractivity contribution in [2.24, 2.45) is 9.98 Å². The molecule has 32 heavy (non-hydrogen) atoms. The molecule has 0 bridgehead atoms. The van der Waals surface area contributed by atoms with E-state index >= 15 is 0 Å². The molecule has 0 spiro atoms. The van der Waals surface area contributed by atoms with E-state index in [-0.39, 0.29) is 12.0 Å². The van der Waals surface area contributed by atoms with Crippen LogP contribution in [0.1, 0.15) is 32.3 Å². The molecule has 2 heterocycles. The number of rotatable bonds is 8. The lowest BCUT2D eigenvalue weighted by atomic mass is 9.87. The second kappa shape index (κ2) is 9.70. The zero-order valence-corrected chi connectivity index (χ0v) is 21.2. The normalized spacial score (nSPS) is 21.1. The SMILES string of the molecule is C=CC(=N/C(=C/C(=C)C)CN/C=C(\C)[Si](C)(C)C)C1=C(C)N=CC2c3ccccc3OC12. The first kappa shape index (κ1) is 23.7. The minimum atomic E-state index is -1.32. The molecular formula is C27H35N3OSi. The van der Waals surface area contributed by atoms with E-state index in [2.05, 4.69) is 57.3 Å². The van der Waals surface area contributed by atoms with Crippen LogP contribution >= 0.6 is 0 Å². The van der Waals surface area contributed by atoms with Gasteiger partial charge in [-0.1, -0.05) is 61.8 Å². The molecule has 2 aliphatic heterocycles. The second-order valence-electron chi connectivity index (χ2n) is 9.52. The Balaban J connectivity index is 1.92. The molecule has 0 saturated carbocycles. The minimum absolute atomic E-state index is 0.0871. The summed E-state index contributed by atoms with van der Waals surface area (Å²) in [6.45, 7) is 21.9. The van der Waals surface area contributed by atoms with Crippen molar-refractivity contribution in [3.05, 3.63) is 89.1 Å². The lowest BCUT2D eigenvalue weighted by Crippen LogP contribution is -2.30. The topological polar surface area (TPSA) is 46.0 Å². The van der Waals surface area contributed by atoms with Gasteiger partial charge in [-0.15, -0.1) is 0 Å². The predicted molar refractivity (Wildman–Crippen MR) is 140 cm³/mol. The van der Waals surface area contributed by atoms with E-state index < -0.39 is 8.07 Å². The smallest absolute Gasteiger partial charge is 0.139 e. The van der Waals surface area contributed by atoms with Crippen molar-refractivity contribution in [1.82, 2.24) is 5.32 Å². The van der Waals surface area contributed by atoms with E-state index in [0.717, 1.165) is 34.0 Å². The van der Waals surface area contributed by atoms with Gasteiger partial charge in [-0.05, 0) is 45.2 Å². The summed E-state index contributed by atoms with van der Waals surface area (Å²) in [5, 5.41) is 4.86. The Morgan fingerprint density at radius 2 is 1.97 bits per heavy atom. The summed E-state index contributed by atoms with van der Waals surface area (Å²) in [6, 6.07) is 8.17. The number of nitrogens with one attached hydrogen (secondary N) is 1. The van der Waals surface area contributed by atoms with Gasteiger partial charge >= 0.3 is 0 Å². The highest BCUT2D eigenvalue weighted by atomic mass is 28.3. The molecule has 1 aromatic carbocycles. The maximum Gasteiger partial charge on any atom is 0.139 e. The molecule has 2 aliphatic rings. The van der Waals surface area contributed by atoms with Crippen molar-refractivity contribution < 1.29 is 4.74 Å². The molecule has 0 fully saturated rings. The standard InChI is InChI=1S/C27H35N3OSi/c1-9-24(30-21(14-18(2)3)16-28-15-19(4)32(6,7)8)26-20(5)29-17-23-22-12-10-11-13-25(22)31-27(23)26/h9-15,17,23,27-28H,1-2,16H2,3-8H3/b19-15+,21-14+,30-24?. The van der Waals surface area contributed by atoms with Crippen LogP contribution in [0, 0.1) is 0 Å². The summed E-state index contributed by atoms with van der Waals surface area (Å²) in [5.74, 6) is 1.000. The monoisotopic (exact) mass is 445 g/mol. The zero-order chi connectivity index (χ0) is 23.5. The quantitative estimate of drug-likeness (QED) is 0.288. The van der Waals surface area contributed by atoms with Crippen molar-refractivity contribution in [3.8, 4) is 5.75 Å². The van der Waals surface area contributed by atoms with E-state index in [1.165, 1.54) is 10.8 Å². The zero-order valence-electron chi connectivity index (χ0n) is 20.2. The average molecular weight is 446 g/mol. The van der Waals surface area contributed by atoms with Gasteiger partial charge in [-0.3, -0.25) is 9.98 Å². The number of fused-ring (bicyclic) bond motifs is 3. The first-order chi connectivity index (χ1) is 15.1. The van der Waals surface area contributed by atoms with E-state index in [1.807, 2.05) is 44.3 Å². The molecular weight excluding hydrogens is 410 g/mol. The summed E-state index contributed by atoms with van der Waals surface area (Å²) in [4.78, 5) is 9.69. The lowest BCUT2D eigenvalue weighted by Gasteiger charge is -2.25. The minimum Gasteiger partial charge on any atom is -0.484 e. The maximum atomic E-state index is 6.35. The van der Waals surface area contributed by atoms with Gasteiger partial charge < -0.3 is 10.1 Å². The molecule has 0 aromatic heterocycles. The first-order valence-electron chi connectivity index (χ1n) is 11.1. The first-order valence-corrected chi connectivity index (χ1v) is 14.6. The third kappa shape index (κ3) is 5.28. The van der Waals surface area contributed by atoms with Gasteiger partial charge in [-0.2, -0.15) is 0 Å². The average Bonchev–Trinajstić information content (AvgIpc) is 3.09. The molecule has 4 nitrogen and oxygen atoms in total. The Morgan fingerprint density at radius 3 is 2.62 bits per heavy atom. The van der Waals surface area contributed by atoms with Crippen molar-refractivity contribution in [3.63, 3.8) is 0 Å².